The van der Waals surface area contributed by atoms with Crippen molar-refractivity contribution >= 4 is 39.1 Å². The molecule has 0 aliphatic heterocycles. The van der Waals surface area contributed by atoms with Crippen molar-refractivity contribution in [1.29, 1.82) is 0 Å². The predicted octanol–water partition coefficient (Wildman–Crippen LogP) is 3.15. The number of nitrogens with one attached hydrogen (secondary N) is 1. The summed E-state index contributed by atoms with van der Waals surface area (Å²) in [6, 6.07) is 4.04. The summed E-state index contributed by atoms with van der Waals surface area (Å²) in [4.78, 5) is 22.3. The number of amides is 1. The third-order valence-electron chi connectivity index (χ3n) is 3.27. The lowest BCUT2D eigenvalue weighted by Gasteiger charge is -2.12. The van der Waals surface area contributed by atoms with E-state index in [0.29, 0.717) is 6.54 Å². The molecule has 0 spiro atoms. The molecule has 102 valence electrons. The highest BCUT2D eigenvalue weighted by molar-refractivity contribution is 9.09. The van der Waals surface area contributed by atoms with Crippen LogP contribution in [0.15, 0.2) is 18.2 Å². The topological polar surface area (TPSA) is 72.2 Å². The number of nitro benzene ring substituents is 1. The zero-order valence-corrected chi connectivity index (χ0v) is 12.3. The first-order chi connectivity index (χ1) is 8.97. The van der Waals surface area contributed by atoms with Crippen LogP contribution in [0, 0.1) is 15.5 Å². The van der Waals surface area contributed by atoms with Gasteiger partial charge in [0.15, 0.2) is 0 Å². The van der Waals surface area contributed by atoms with Gasteiger partial charge in [0.05, 0.1) is 4.92 Å². The monoisotopic (exact) mass is 346 g/mol. The first-order valence-electron chi connectivity index (χ1n) is 5.75. The number of nitrogens with zero attached hydrogens (tertiary/aromatic N) is 1. The van der Waals surface area contributed by atoms with E-state index in [1.807, 2.05) is 0 Å². The van der Waals surface area contributed by atoms with E-state index in [9.17, 15) is 14.9 Å². The van der Waals surface area contributed by atoms with E-state index in [-0.39, 0.29) is 21.7 Å². The van der Waals surface area contributed by atoms with Gasteiger partial charge < -0.3 is 5.32 Å². The Morgan fingerprint density at radius 1 is 1.53 bits per heavy atom. The number of carbonyl (C=O) groups is 1. The molecule has 1 N–H and O–H groups in total. The number of nitro groups is 1. The summed E-state index contributed by atoms with van der Waals surface area (Å²) < 4.78 is 0. The molecule has 0 radical (unpaired) electrons. The molecule has 1 aromatic carbocycles. The van der Waals surface area contributed by atoms with Gasteiger partial charge in [-0.15, -0.1) is 0 Å². The predicted molar refractivity (Wildman–Crippen MR) is 75.9 cm³/mol. The summed E-state index contributed by atoms with van der Waals surface area (Å²) in [5.74, 6) is -0.435. The summed E-state index contributed by atoms with van der Waals surface area (Å²) >= 11 is 9.12. The quantitative estimate of drug-likeness (QED) is 0.505. The Morgan fingerprint density at radius 3 is 2.74 bits per heavy atom. The van der Waals surface area contributed by atoms with Gasteiger partial charge in [-0.05, 0) is 30.4 Å². The molecule has 1 aromatic rings. The number of rotatable bonds is 5. The van der Waals surface area contributed by atoms with Gasteiger partial charge in [-0.3, -0.25) is 14.9 Å². The van der Waals surface area contributed by atoms with Crippen molar-refractivity contribution < 1.29 is 9.72 Å². The van der Waals surface area contributed by atoms with E-state index in [0.717, 1.165) is 18.2 Å². The summed E-state index contributed by atoms with van der Waals surface area (Å²) in [6.07, 6.45) is 2.11. The zero-order valence-electron chi connectivity index (χ0n) is 9.99. The van der Waals surface area contributed by atoms with Gasteiger partial charge in [-0.2, -0.15) is 0 Å². The second-order valence-electron chi connectivity index (χ2n) is 4.73. The van der Waals surface area contributed by atoms with E-state index < -0.39 is 10.8 Å². The largest absolute Gasteiger partial charge is 0.351 e. The summed E-state index contributed by atoms with van der Waals surface area (Å²) in [5, 5.41) is 14.7. The normalized spacial score (nSPS) is 15.9. The van der Waals surface area contributed by atoms with Crippen LogP contribution in [-0.2, 0) is 0 Å². The second-order valence-corrected chi connectivity index (χ2v) is 5.73. The molecule has 1 fully saturated rings. The van der Waals surface area contributed by atoms with Crippen LogP contribution in [0.1, 0.15) is 23.2 Å². The Balaban J connectivity index is 2.12. The Bertz CT molecular complexity index is 532. The van der Waals surface area contributed by atoms with Crippen molar-refractivity contribution in [3.8, 4) is 0 Å². The summed E-state index contributed by atoms with van der Waals surface area (Å²) in [6.45, 7) is 0.525. The Labute approximate surface area is 123 Å². The molecule has 0 atom stereocenters. The number of alkyl halides is 1. The van der Waals surface area contributed by atoms with E-state index in [1.54, 1.807) is 0 Å². The molecule has 0 heterocycles. The van der Waals surface area contributed by atoms with Gasteiger partial charge in [0, 0.05) is 23.0 Å². The van der Waals surface area contributed by atoms with Crippen LogP contribution in [0.5, 0.6) is 0 Å². The minimum absolute atomic E-state index is 0.0415. The van der Waals surface area contributed by atoms with Crippen LogP contribution < -0.4 is 5.32 Å². The Kier molecular flexibility index (Phi) is 4.10. The van der Waals surface area contributed by atoms with Gasteiger partial charge in [0.1, 0.15) is 5.56 Å². The number of hydrogen-bond acceptors (Lipinski definition) is 3. The van der Waals surface area contributed by atoms with E-state index in [1.165, 1.54) is 18.2 Å². The molecule has 1 amide bonds. The molecule has 1 saturated carbocycles. The maximum absolute atomic E-state index is 12.0. The van der Waals surface area contributed by atoms with Crippen molar-refractivity contribution in [2.45, 2.75) is 12.8 Å². The first kappa shape index (κ1) is 14.3. The lowest BCUT2D eigenvalue weighted by molar-refractivity contribution is -0.385. The van der Waals surface area contributed by atoms with Crippen LogP contribution in [-0.4, -0.2) is 22.7 Å². The summed E-state index contributed by atoms with van der Waals surface area (Å²) in [7, 11) is 0. The molecular weight excluding hydrogens is 336 g/mol. The smallest absolute Gasteiger partial charge is 0.283 e. The minimum Gasteiger partial charge on any atom is -0.351 e. The van der Waals surface area contributed by atoms with E-state index in [4.69, 9.17) is 11.6 Å². The van der Waals surface area contributed by atoms with Crippen LogP contribution in [0.4, 0.5) is 5.69 Å². The molecule has 7 heteroatoms. The average molecular weight is 348 g/mol. The van der Waals surface area contributed by atoms with Gasteiger partial charge >= 0.3 is 0 Å². The molecular formula is C12H12BrClN2O3. The van der Waals surface area contributed by atoms with Gasteiger partial charge in [0.2, 0.25) is 0 Å². The molecule has 0 bridgehead atoms. The third-order valence-corrected chi connectivity index (χ3v) is 4.69. The fourth-order valence-corrected chi connectivity index (χ4v) is 2.67. The molecule has 0 aromatic heterocycles. The maximum atomic E-state index is 12.0. The van der Waals surface area contributed by atoms with E-state index >= 15 is 0 Å². The van der Waals surface area contributed by atoms with Crippen LogP contribution in [0.25, 0.3) is 0 Å². The molecule has 0 saturated heterocycles. The maximum Gasteiger partial charge on any atom is 0.283 e. The number of benzene rings is 1. The highest BCUT2D eigenvalue weighted by atomic mass is 79.9. The number of carbonyl (C=O) groups excluding carboxylic acids is 1. The fraction of sp³-hybridized carbons (Fsp3) is 0.417. The molecule has 5 nitrogen and oxygen atoms in total. The molecule has 0 unspecified atom stereocenters. The van der Waals surface area contributed by atoms with Gasteiger partial charge in [-0.1, -0.05) is 27.5 Å². The Morgan fingerprint density at radius 2 is 2.21 bits per heavy atom. The standard InChI is InChI=1S/C12H12BrClN2O3/c13-6-12(3-4-12)7-15-11(17)9-2-1-8(14)5-10(9)16(18)19/h1-2,5H,3-4,6-7H2,(H,15,17). The lowest BCUT2D eigenvalue weighted by atomic mass is 10.1. The highest BCUT2D eigenvalue weighted by Gasteiger charge is 2.41. The Hall–Kier alpha value is -1.14. The van der Waals surface area contributed by atoms with Crippen LogP contribution in [0.2, 0.25) is 5.02 Å². The van der Waals surface area contributed by atoms with Crippen molar-refractivity contribution in [1.82, 2.24) is 5.32 Å². The third kappa shape index (κ3) is 3.25. The molecule has 2 rings (SSSR count). The second kappa shape index (κ2) is 5.46. The SMILES string of the molecule is O=C(NCC1(CBr)CC1)c1ccc(Cl)cc1[N+](=O)[O-]. The van der Waals surface area contributed by atoms with Crippen molar-refractivity contribution in [2.75, 3.05) is 11.9 Å². The van der Waals surface area contributed by atoms with Crippen molar-refractivity contribution in [2.24, 2.45) is 5.41 Å². The lowest BCUT2D eigenvalue weighted by Crippen LogP contribution is -2.31. The summed E-state index contributed by atoms with van der Waals surface area (Å²) in [5.41, 5.74) is -0.106. The fourth-order valence-electron chi connectivity index (χ4n) is 1.75. The van der Waals surface area contributed by atoms with Crippen LogP contribution >= 0.6 is 27.5 Å². The first-order valence-corrected chi connectivity index (χ1v) is 7.25. The number of hydrogen-bond donors (Lipinski definition) is 1. The van der Waals surface area contributed by atoms with Crippen molar-refractivity contribution in [3.63, 3.8) is 0 Å². The molecule has 1 aliphatic rings. The van der Waals surface area contributed by atoms with Gasteiger partial charge in [0.25, 0.3) is 11.6 Å². The average Bonchev–Trinajstić information content (AvgIpc) is 3.16. The molecule has 1 aliphatic carbocycles. The molecule has 19 heavy (non-hydrogen) atoms. The zero-order chi connectivity index (χ0) is 14.0. The minimum atomic E-state index is -0.599. The van der Waals surface area contributed by atoms with Gasteiger partial charge in [-0.25, -0.2) is 0 Å². The van der Waals surface area contributed by atoms with Crippen molar-refractivity contribution in [3.05, 3.63) is 38.9 Å². The highest BCUT2D eigenvalue weighted by Crippen LogP contribution is 2.46. The van der Waals surface area contributed by atoms with Crippen LogP contribution in [0.3, 0.4) is 0 Å². The number of halogens is 2. The van der Waals surface area contributed by atoms with E-state index in [2.05, 4.69) is 21.2 Å².